The highest BCUT2D eigenvalue weighted by Gasteiger charge is 2.36. The number of amides is 1. The minimum Gasteiger partial charge on any atom is -0.481 e. The van der Waals surface area contributed by atoms with Crippen LogP contribution in [0.15, 0.2) is 30.3 Å². The van der Waals surface area contributed by atoms with E-state index >= 15 is 0 Å². The Morgan fingerprint density at radius 1 is 1.08 bits per heavy atom. The minimum absolute atomic E-state index is 0.000825. The zero-order chi connectivity index (χ0) is 18.2. The highest BCUT2D eigenvalue weighted by atomic mass is 16.4. The Bertz CT molecular complexity index is 538. The molecule has 0 saturated heterocycles. The molecule has 0 aliphatic rings. The molecule has 0 saturated carbocycles. The van der Waals surface area contributed by atoms with Crippen molar-refractivity contribution in [1.29, 1.82) is 0 Å². The summed E-state index contributed by atoms with van der Waals surface area (Å²) in [7, 11) is 0. The number of hydrogen-bond acceptors (Lipinski definition) is 3. The lowest BCUT2D eigenvalue weighted by Crippen LogP contribution is -2.46. The third kappa shape index (κ3) is 5.34. The van der Waals surface area contributed by atoms with Gasteiger partial charge in [0, 0.05) is 6.54 Å². The van der Waals surface area contributed by atoms with Gasteiger partial charge in [-0.2, -0.15) is 0 Å². The van der Waals surface area contributed by atoms with E-state index < -0.39 is 17.0 Å². The Labute approximate surface area is 144 Å². The number of rotatable bonds is 10. The maximum atomic E-state index is 12.2. The third-order valence-electron chi connectivity index (χ3n) is 4.44. The lowest BCUT2D eigenvalue weighted by molar-refractivity contribution is -0.143. The van der Waals surface area contributed by atoms with Crippen LogP contribution in [0.3, 0.4) is 0 Å². The van der Waals surface area contributed by atoms with Crippen LogP contribution in [0.4, 0.5) is 0 Å². The molecule has 0 aliphatic heterocycles. The molecule has 1 atom stereocenters. The van der Waals surface area contributed by atoms with Crippen molar-refractivity contribution in [3.8, 4) is 0 Å². The fourth-order valence-electron chi connectivity index (χ4n) is 2.98. The molecular formula is C19H29NO4. The normalized spacial score (nSPS) is 14.0. The van der Waals surface area contributed by atoms with E-state index in [0.717, 1.165) is 12.8 Å². The van der Waals surface area contributed by atoms with Crippen LogP contribution < -0.4 is 5.32 Å². The lowest BCUT2D eigenvalue weighted by atomic mass is 9.82. The van der Waals surface area contributed by atoms with Crippen molar-refractivity contribution in [3.05, 3.63) is 35.9 Å². The molecule has 0 aliphatic carbocycles. The van der Waals surface area contributed by atoms with Gasteiger partial charge >= 0.3 is 5.97 Å². The van der Waals surface area contributed by atoms with Crippen molar-refractivity contribution >= 4 is 11.9 Å². The first-order valence-corrected chi connectivity index (χ1v) is 8.55. The molecule has 0 heterocycles. The zero-order valence-electron chi connectivity index (χ0n) is 14.8. The van der Waals surface area contributed by atoms with Crippen LogP contribution in [0, 0.1) is 0 Å². The summed E-state index contributed by atoms with van der Waals surface area (Å²) in [5, 5.41) is 22.9. The molecule has 0 spiro atoms. The van der Waals surface area contributed by atoms with E-state index in [9.17, 15) is 19.8 Å². The van der Waals surface area contributed by atoms with Gasteiger partial charge < -0.3 is 15.5 Å². The van der Waals surface area contributed by atoms with E-state index in [1.54, 1.807) is 31.2 Å². The zero-order valence-corrected chi connectivity index (χ0v) is 14.8. The standard InChI is InChI=1S/C19H29NO4/c1-4-11-19(24,12-5-2)13-16(21)20-14-18(3,17(22)23)15-9-7-6-8-10-15/h6-10,24H,4-5,11-14H2,1-3H3,(H,20,21)(H,22,23). The molecule has 0 radical (unpaired) electrons. The first kappa shape index (κ1) is 20.2. The summed E-state index contributed by atoms with van der Waals surface area (Å²) in [6.45, 7) is 5.51. The van der Waals surface area contributed by atoms with Crippen LogP contribution in [0.25, 0.3) is 0 Å². The van der Waals surface area contributed by atoms with Gasteiger partial charge in [0.05, 0.1) is 12.0 Å². The van der Waals surface area contributed by atoms with Crippen molar-refractivity contribution < 1.29 is 19.8 Å². The summed E-state index contributed by atoms with van der Waals surface area (Å²) in [6, 6.07) is 8.86. The first-order valence-electron chi connectivity index (χ1n) is 8.55. The number of carboxylic acid groups (broad SMARTS) is 1. The van der Waals surface area contributed by atoms with Crippen molar-refractivity contribution in [3.63, 3.8) is 0 Å². The molecule has 1 rings (SSSR count). The monoisotopic (exact) mass is 335 g/mol. The van der Waals surface area contributed by atoms with Crippen LogP contribution >= 0.6 is 0 Å². The fourth-order valence-corrected chi connectivity index (χ4v) is 2.98. The van der Waals surface area contributed by atoms with Crippen molar-refractivity contribution in [1.82, 2.24) is 5.32 Å². The SMILES string of the molecule is CCCC(O)(CCC)CC(=O)NCC(C)(C(=O)O)c1ccccc1. The van der Waals surface area contributed by atoms with Crippen LogP contribution in [-0.2, 0) is 15.0 Å². The number of benzene rings is 1. The van der Waals surface area contributed by atoms with Gasteiger partial charge in [-0.3, -0.25) is 9.59 Å². The van der Waals surface area contributed by atoms with Crippen molar-refractivity contribution in [2.75, 3.05) is 6.54 Å². The molecule has 1 amide bonds. The van der Waals surface area contributed by atoms with Gasteiger partial charge in [-0.25, -0.2) is 0 Å². The maximum Gasteiger partial charge on any atom is 0.315 e. The molecule has 0 bridgehead atoms. The van der Waals surface area contributed by atoms with Gasteiger partial charge in [-0.15, -0.1) is 0 Å². The molecule has 5 heteroatoms. The van der Waals surface area contributed by atoms with E-state index in [1.165, 1.54) is 0 Å². The van der Waals surface area contributed by atoms with Gasteiger partial charge in [0.15, 0.2) is 0 Å². The Morgan fingerprint density at radius 3 is 2.08 bits per heavy atom. The van der Waals surface area contributed by atoms with E-state index in [0.29, 0.717) is 18.4 Å². The summed E-state index contributed by atoms with van der Waals surface area (Å²) in [4.78, 5) is 24.0. The second-order valence-electron chi connectivity index (χ2n) is 6.68. The summed E-state index contributed by atoms with van der Waals surface area (Å²) in [5.74, 6) is -1.31. The molecule has 1 aromatic carbocycles. The predicted molar refractivity (Wildman–Crippen MR) is 93.8 cm³/mol. The average molecular weight is 335 g/mol. The summed E-state index contributed by atoms with van der Waals surface area (Å²) >= 11 is 0. The summed E-state index contributed by atoms with van der Waals surface area (Å²) < 4.78 is 0. The average Bonchev–Trinajstić information content (AvgIpc) is 2.53. The molecule has 0 aromatic heterocycles. The molecular weight excluding hydrogens is 306 g/mol. The topological polar surface area (TPSA) is 86.6 Å². The third-order valence-corrected chi connectivity index (χ3v) is 4.44. The second-order valence-corrected chi connectivity index (χ2v) is 6.68. The molecule has 3 N–H and O–H groups in total. The van der Waals surface area contributed by atoms with E-state index in [2.05, 4.69) is 5.32 Å². The van der Waals surface area contributed by atoms with Gasteiger partial charge in [0.2, 0.25) is 5.91 Å². The number of carbonyl (C=O) groups excluding carboxylic acids is 1. The Morgan fingerprint density at radius 2 is 1.62 bits per heavy atom. The van der Waals surface area contributed by atoms with Crippen LogP contribution in [-0.4, -0.2) is 34.2 Å². The highest BCUT2D eigenvalue weighted by molar-refractivity contribution is 5.83. The van der Waals surface area contributed by atoms with Gasteiger partial charge in [0.1, 0.15) is 5.41 Å². The Kier molecular flexibility index (Phi) is 7.42. The second kappa shape index (κ2) is 8.83. The molecule has 134 valence electrons. The summed E-state index contributed by atoms with van der Waals surface area (Å²) in [5.41, 5.74) is -1.58. The predicted octanol–water partition coefficient (Wildman–Crippen LogP) is 2.87. The molecule has 5 nitrogen and oxygen atoms in total. The van der Waals surface area contributed by atoms with E-state index in [-0.39, 0.29) is 18.9 Å². The van der Waals surface area contributed by atoms with Crippen LogP contribution in [0.1, 0.15) is 58.4 Å². The number of carbonyl (C=O) groups is 2. The molecule has 1 aromatic rings. The van der Waals surface area contributed by atoms with Crippen LogP contribution in [0.2, 0.25) is 0 Å². The van der Waals surface area contributed by atoms with Gasteiger partial charge in [-0.1, -0.05) is 57.0 Å². The van der Waals surface area contributed by atoms with Crippen molar-refractivity contribution in [2.45, 2.75) is 63.9 Å². The first-order chi connectivity index (χ1) is 11.3. The highest BCUT2D eigenvalue weighted by Crippen LogP contribution is 2.25. The maximum absolute atomic E-state index is 12.2. The number of nitrogens with one attached hydrogen (secondary N) is 1. The quantitative estimate of drug-likeness (QED) is 0.613. The lowest BCUT2D eigenvalue weighted by Gasteiger charge is -2.29. The summed E-state index contributed by atoms with van der Waals surface area (Å²) in [6.07, 6.45) is 2.70. The van der Waals surface area contributed by atoms with E-state index in [1.807, 2.05) is 19.9 Å². The number of carboxylic acids is 1. The number of hydrogen-bond donors (Lipinski definition) is 3. The number of aliphatic hydroxyl groups is 1. The molecule has 0 fully saturated rings. The molecule has 24 heavy (non-hydrogen) atoms. The van der Waals surface area contributed by atoms with E-state index in [4.69, 9.17) is 0 Å². The number of aliphatic carboxylic acids is 1. The Hall–Kier alpha value is -1.88. The minimum atomic E-state index is -1.20. The smallest absolute Gasteiger partial charge is 0.315 e. The molecule has 1 unspecified atom stereocenters. The Balaban J connectivity index is 2.77. The van der Waals surface area contributed by atoms with Crippen LogP contribution in [0.5, 0.6) is 0 Å². The van der Waals surface area contributed by atoms with Crippen molar-refractivity contribution in [2.24, 2.45) is 0 Å². The fraction of sp³-hybridized carbons (Fsp3) is 0.579. The largest absolute Gasteiger partial charge is 0.481 e. The van der Waals surface area contributed by atoms with Gasteiger partial charge in [0.25, 0.3) is 0 Å². The van der Waals surface area contributed by atoms with Gasteiger partial charge in [-0.05, 0) is 25.3 Å².